The summed E-state index contributed by atoms with van der Waals surface area (Å²) in [5.74, 6) is 3.94. The quantitative estimate of drug-likeness (QED) is 0.518. The van der Waals surface area contributed by atoms with Gasteiger partial charge in [0.25, 0.3) is 0 Å². The molecule has 5 rings (SSSR count). The molecule has 4 heterocycles. The molecule has 3 aromatic heterocycles. The largest absolute Gasteiger partial charge is 0.382 e. The van der Waals surface area contributed by atoms with Crippen LogP contribution in [0.5, 0.6) is 0 Å². The van der Waals surface area contributed by atoms with Crippen LogP contribution in [-0.2, 0) is 17.8 Å². The number of hydrogen-bond donors (Lipinski definition) is 2. The van der Waals surface area contributed by atoms with E-state index in [1.165, 1.54) is 4.88 Å². The van der Waals surface area contributed by atoms with Gasteiger partial charge in [-0.25, -0.2) is 19.9 Å². The van der Waals surface area contributed by atoms with Crippen LogP contribution in [-0.4, -0.2) is 67.7 Å². The topological polar surface area (TPSA) is 115 Å². The van der Waals surface area contributed by atoms with E-state index in [4.69, 9.17) is 5.73 Å². The molecule has 35 heavy (non-hydrogen) atoms. The van der Waals surface area contributed by atoms with Gasteiger partial charge in [0.1, 0.15) is 5.52 Å². The van der Waals surface area contributed by atoms with Crippen LogP contribution in [0, 0.1) is 17.1 Å². The van der Waals surface area contributed by atoms with Crippen LogP contribution in [0.3, 0.4) is 0 Å². The van der Waals surface area contributed by atoms with E-state index in [9.17, 15) is 4.79 Å². The maximum Gasteiger partial charge on any atom is 0.229 e. The number of likely N-dealkylation sites (N-methyl/N-ethyl adjacent to an activating group) is 1. The molecular formula is C24H32N8OS2. The number of rotatable bonds is 3. The summed E-state index contributed by atoms with van der Waals surface area (Å²) in [4.78, 5) is 34.7. The highest BCUT2D eigenvalue weighted by Crippen LogP contribution is 2.36. The molecule has 1 amide bonds. The highest BCUT2D eigenvalue weighted by molar-refractivity contribution is 8.35. The highest BCUT2D eigenvalue weighted by Gasteiger charge is 2.29. The SMILES string of the molecule is CN1CCc2nc(NC(=O)C3CCC(n4cnc5c(N)nc(C#CS(C)(C)C)nc54)CC3)sc2C1. The fourth-order valence-corrected chi connectivity index (χ4v) is 6.15. The molecule has 0 saturated heterocycles. The second kappa shape index (κ2) is 9.41. The Hall–Kier alpha value is -2.68. The molecule has 0 spiro atoms. The van der Waals surface area contributed by atoms with E-state index in [-0.39, 0.29) is 17.9 Å². The zero-order valence-electron chi connectivity index (χ0n) is 20.7. The first-order chi connectivity index (χ1) is 16.7. The number of nitrogen functional groups attached to an aromatic ring is 1. The first-order valence-electron chi connectivity index (χ1n) is 11.9. The van der Waals surface area contributed by atoms with Gasteiger partial charge in [0.2, 0.25) is 11.7 Å². The van der Waals surface area contributed by atoms with Gasteiger partial charge >= 0.3 is 0 Å². The minimum atomic E-state index is -0.994. The number of nitrogens with two attached hydrogens (primary N) is 1. The molecule has 3 aromatic rings. The van der Waals surface area contributed by atoms with Gasteiger partial charge in [-0.3, -0.25) is 4.79 Å². The van der Waals surface area contributed by atoms with Gasteiger partial charge < -0.3 is 20.5 Å². The molecule has 0 radical (unpaired) electrons. The number of aromatic nitrogens is 5. The molecule has 0 bridgehead atoms. The van der Waals surface area contributed by atoms with Crippen molar-refractivity contribution in [3.63, 3.8) is 0 Å². The molecule has 1 fully saturated rings. The van der Waals surface area contributed by atoms with Gasteiger partial charge in [0, 0.05) is 36.3 Å². The lowest BCUT2D eigenvalue weighted by atomic mass is 9.85. The molecule has 1 saturated carbocycles. The predicted octanol–water partition coefficient (Wildman–Crippen LogP) is 3.23. The van der Waals surface area contributed by atoms with Crippen LogP contribution in [0.15, 0.2) is 6.33 Å². The number of nitrogens with zero attached hydrogens (tertiary/aromatic N) is 6. The Balaban J connectivity index is 1.26. The fraction of sp³-hybridized carbons (Fsp3) is 0.542. The van der Waals surface area contributed by atoms with Crippen molar-refractivity contribution in [1.82, 2.24) is 29.4 Å². The number of amides is 1. The summed E-state index contributed by atoms with van der Waals surface area (Å²) in [7, 11) is 1.12. The summed E-state index contributed by atoms with van der Waals surface area (Å²) < 4.78 is 2.09. The number of imidazole rings is 1. The standard InChI is InChI=1S/C24H32N8OS2/c1-31-11-9-17-18(13-31)34-24(27-17)30-23(33)15-5-7-16(8-6-15)32-14-26-20-21(25)28-19(29-22(20)32)10-12-35(2,3)4/h14-16H,5-9,11,13H2,1-4H3,(H2,25,28,29)(H,27,30,33). The molecule has 0 aromatic carbocycles. The number of hydrogen-bond acceptors (Lipinski definition) is 8. The Morgan fingerprint density at radius 1 is 1.20 bits per heavy atom. The molecule has 1 aliphatic heterocycles. The molecule has 11 heteroatoms. The van der Waals surface area contributed by atoms with Gasteiger partial charge in [0.05, 0.1) is 12.0 Å². The van der Waals surface area contributed by atoms with Crippen molar-refractivity contribution < 1.29 is 4.79 Å². The lowest BCUT2D eigenvalue weighted by molar-refractivity contribution is -0.120. The molecule has 3 N–H and O–H groups in total. The lowest BCUT2D eigenvalue weighted by Gasteiger charge is -2.28. The van der Waals surface area contributed by atoms with E-state index in [2.05, 4.69) is 71.7 Å². The molecule has 186 valence electrons. The third-order valence-corrected chi connectivity index (χ3v) is 8.24. The number of fused-ring (bicyclic) bond motifs is 2. The maximum absolute atomic E-state index is 13.0. The summed E-state index contributed by atoms with van der Waals surface area (Å²) in [6.07, 6.45) is 12.5. The van der Waals surface area contributed by atoms with Gasteiger partial charge in [-0.2, -0.15) is 10.0 Å². The molecule has 0 atom stereocenters. The second-order valence-corrected chi connectivity index (χ2v) is 15.2. The van der Waals surface area contributed by atoms with Crippen molar-refractivity contribution in [3.8, 4) is 11.2 Å². The minimum absolute atomic E-state index is 0.0134. The van der Waals surface area contributed by atoms with E-state index < -0.39 is 10.0 Å². The van der Waals surface area contributed by atoms with Crippen LogP contribution in [0.4, 0.5) is 10.9 Å². The van der Waals surface area contributed by atoms with Crippen molar-refractivity contribution in [1.29, 1.82) is 0 Å². The molecular weight excluding hydrogens is 480 g/mol. The summed E-state index contributed by atoms with van der Waals surface area (Å²) in [5, 5.41) is 7.07. The first kappa shape index (κ1) is 24.0. The Morgan fingerprint density at radius 2 is 1.97 bits per heavy atom. The maximum atomic E-state index is 13.0. The van der Waals surface area contributed by atoms with Crippen LogP contribution in [0.1, 0.15) is 48.1 Å². The van der Waals surface area contributed by atoms with Crippen molar-refractivity contribution in [2.45, 2.75) is 44.7 Å². The zero-order chi connectivity index (χ0) is 24.7. The predicted molar refractivity (Wildman–Crippen MR) is 144 cm³/mol. The van der Waals surface area contributed by atoms with E-state index in [1.807, 2.05) is 0 Å². The lowest BCUT2D eigenvalue weighted by Crippen LogP contribution is -2.28. The summed E-state index contributed by atoms with van der Waals surface area (Å²) in [5.41, 5.74) is 8.63. The number of anilines is 2. The third-order valence-electron chi connectivity index (χ3n) is 6.53. The third kappa shape index (κ3) is 5.29. The van der Waals surface area contributed by atoms with Crippen molar-refractivity contribution in [3.05, 3.63) is 22.7 Å². The zero-order valence-corrected chi connectivity index (χ0v) is 22.3. The van der Waals surface area contributed by atoms with E-state index in [1.54, 1.807) is 17.7 Å². The molecule has 0 unspecified atom stereocenters. The van der Waals surface area contributed by atoms with Gasteiger partial charge in [-0.15, -0.1) is 11.3 Å². The minimum Gasteiger partial charge on any atom is -0.382 e. The second-order valence-electron chi connectivity index (χ2n) is 10.2. The average molecular weight is 513 g/mol. The Kier molecular flexibility index (Phi) is 6.46. The fourth-order valence-electron chi connectivity index (χ4n) is 4.66. The summed E-state index contributed by atoms with van der Waals surface area (Å²) in [6.45, 7) is 1.92. The Morgan fingerprint density at radius 3 is 2.71 bits per heavy atom. The number of nitrogens with one attached hydrogen (secondary N) is 1. The summed E-state index contributed by atoms with van der Waals surface area (Å²) in [6, 6.07) is 0.218. The van der Waals surface area contributed by atoms with Crippen molar-refractivity contribution in [2.24, 2.45) is 5.92 Å². The van der Waals surface area contributed by atoms with Crippen molar-refractivity contribution in [2.75, 3.05) is 43.4 Å². The van der Waals surface area contributed by atoms with Gasteiger partial charge in [-0.1, -0.05) is 0 Å². The number of thiazole rings is 1. The normalized spacial score (nSPS) is 21.3. The van der Waals surface area contributed by atoms with E-state index in [0.717, 1.165) is 61.7 Å². The monoisotopic (exact) mass is 512 g/mol. The number of carbonyl (C=O) groups is 1. The smallest absolute Gasteiger partial charge is 0.229 e. The number of carbonyl (C=O) groups excluding carboxylic acids is 1. The van der Waals surface area contributed by atoms with Crippen LogP contribution in [0.2, 0.25) is 0 Å². The average Bonchev–Trinajstić information content (AvgIpc) is 3.41. The van der Waals surface area contributed by atoms with Gasteiger partial charge in [0.15, 0.2) is 16.6 Å². The molecule has 1 aliphatic carbocycles. The molecule has 9 nitrogen and oxygen atoms in total. The molecule has 2 aliphatic rings. The highest BCUT2D eigenvalue weighted by atomic mass is 32.3. The van der Waals surface area contributed by atoms with Crippen LogP contribution in [0.25, 0.3) is 11.2 Å². The van der Waals surface area contributed by atoms with Crippen molar-refractivity contribution >= 4 is 49.4 Å². The van der Waals surface area contributed by atoms with Gasteiger partial charge in [-0.05, 0) is 62.7 Å². The van der Waals surface area contributed by atoms with E-state index >= 15 is 0 Å². The first-order valence-corrected chi connectivity index (χ1v) is 15.5. The van der Waals surface area contributed by atoms with Crippen LogP contribution >= 0.6 is 21.4 Å². The Bertz CT molecular complexity index is 1320. The van der Waals surface area contributed by atoms with Crippen LogP contribution < -0.4 is 11.1 Å². The Labute approximate surface area is 211 Å². The van der Waals surface area contributed by atoms with E-state index in [0.29, 0.717) is 17.2 Å². The summed E-state index contributed by atoms with van der Waals surface area (Å²) >= 11 is 1.61.